The molecule has 0 aliphatic heterocycles. The molecule has 0 fully saturated rings. The molecule has 0 N–H and O–H groups in total. The van der Waals surface area contributed by atoms with Gasteiger partial charge in [0.25, 0.3) is 0 Å². The number of benzene rings is 1. The Labute approximate surface area is 80.7 Å². The lowest BCUT2D eigenvalue weighted by atomic mass is 10.1. The van der Waals surface area contributed by atoms with Crippen molar-refractivity contribution < 1.29 is 0 Å². The molecule has 0 radical (unpaired) electrons. The van der Waals surface area contributed by atoms with Gasteiger partial charge in [0.05, 0.1) is 0 Å². The molecule has 0 aromatic heterocycles. The van der Waals surface area contributed by atoms with E-state index < -0.39 is 0 Å². The van der Waals surface area contributed by atoms with E-state index in [0.717, 1.165) is 22.3 Å². The number of alkyl halides is 1. The maximum Gasteiger partial charge on any atom is 0.0437 e. The van der Waals surface area contributed by atoms with Crippen LogP contribution in [0.5, 0.6) is 0 Å². The minimum absolute atomic E-state index is 0.864. The fraction of sp³-hybridized carbons (Fsp3) is 0.333. The predicted molar refractivity (Wildman–Crippen MR) is 53.7 cm³/mol. The van der Waals surface area contributed by atoms with Gasteiger partial charge in [-0.25, -0.2) is 0 Å². The highest BCUT2D eigenvalue weighted by atomic mass is 79.9. The summed E-state index contributed by atoms with van der Waals surface area (Å²) in [4.78, 5) is 0. The van der Waals surface area contributed by atoms with Gasteiger partial charge < -0.3 is 0 Å². The molecular formula is C9H10BrCl. The van der Waals surface area contributed by atoms with Crippen molar-refractivity contribution in [1.29, 1.82) is 0 Å². The zero-order valence-corrected chi connectivity index (χ0v) is 8.74. The van der Waals surface area contributed by atoms with Gasteiger partial charge in [0.2, 0.25) is 0 Å². The molecule has 60 valence electrons. The van der Waals surface area contributed by atoms with Gasteiger partial charge in [-0.2, -0.15) is 0 Å². The third kappa shape index (κ3) is 2.49. The maximum atomic E-state index is 5.93. The smallest absolute Gasteiger partial charge is 0.0437 e. The molecule has 0 saturated heterocycles. The monoisotopic (exact) mass is 232 g/mol. The minimum Gasteiger partial charge on any atom is -0.0924 e. The summed E-state index contributed by atoms with van der Waals surface area (Å²) in [5.74, 6) is 0. The van der Waals surface area contributed by atoms with Gasteiger partial charge in [-0.05, 0) is 30.5 Å². The summed E-state index contributed by atoms with van der Waals surface area (Å²) in [6.45, 7) is 2.01. The SMILES string of the molecule is Cc1ccc(CCBr)cc1Cl. The zero-order valence-electron chi connectivity index (χ0n) is 6.40. The van der Waals surface area contributed by atoms with Crippen LogP contribution in [0.3, 0.4) is 0 Å². The van der Waals surface area contributed by atoms with Crippen LogP contribution in [0.4, 0.5) is 0 Å². The van der Waals surface area contributed by atoms with Crippen molar-refractivity contribution in [2.24, 2.45) is 0 Å². The van der Waals surface area contributed by atoms with Crippen molar-refractivity contribution in [2.75, 3.05) is 5.33 Å². The average molecular weight is 234 g/mol. The van der Waals surface area contributed by atoms with Crippen LogP contribution in [0.1, 0.15) is 11.1 Å². The third-order valence-corrected chi connectivity index (χ3v) is 2.42. The van der Waals surface area contributed by atoms with E-state index >= 15 is 0 Å². The van der Waals surface area contributed by atoms with Crippen LogP contribution in [-0.4, -0.2) is 5.33 Å². The molecule has 0 heterocycles. The Morgan fingerprint density at radius 2 is 2.18 bits per heavy atom. The molecule has 0 spiro atoms. The van der Waals surface area contributed by atoms with Gasteiger partial charge in [-0.1, -0.05) is 39.7 Å². The summed E-state index contributed by atoms with van der Waals surface area (Å²) in [6, 6.07) is 6.20. The van der Waals surface area contributed by atoms with E-state index in [9.17, 15) is 0 Å². The van der Waals surface area contributed by atoms with Crippen LogP contribution < -0.4 is 0 Å². The Balaban J connectivity index is 2.86. The van der Waals surface area contributed by atoms with E-state index in [-0.39, 0.29) is 0 Å². The molecular weight excluding hydrogens is 223 g/mol. The lowest BCUT2D eigenvalue weighted by Gasteiger charge is -2.00. The summed E-state index contributed by atoms with van der Waals surface area (Å²) >= 11 is 9.32. The molecule has 0 aliphatic rings. The molecule has 1 aromatic rings. The van der Waals surface area contributed by atoms with Crippen molar-refractivity contribution in [2.45, 2.75) is 13.3 Å². The van der Waals surface area contributed by atoms with E-state index in [1.807, 2.05) is 13.0 Å². The van der Waals surface area contributed by atoms with Crippen molar-refractivity contribution in [3.63, 3.8) is 0 Å². The summed E-state index contributed by atoms with van der Waals surface area (Å²) < 4.78 is 0. The van der Waals surface area contributed by atoms with Crippen LogP contribution in [0.15, 0.2) is 18.2 Å². The Kier molecular flexibility index (Phi) is 3.41. The van der Waals surface area contributed by atoms with E-state index in [0.29, 0.717) is 0 Å². The molecule has 0 bridgehead atoms. The Morgan fingerprint density at radius 3 is 2.73 bits per heavy atom. The van der Waals surface area contributed by atoms with Crippen molar-refractivity contribution >= 4 is 27.5 Å². The summed E-state index contributed by atoms with van der Waals surface area (Å²) in [6.07, 6.45) is 1.04. The van der Waals surface area contributed by atoms with E-state index in [2.05, 4.69) is 28.1 Å². The second-order valence-corrected chi connectivity index (χ2v) is 3.72. The van der Waals surface area contributed by atoms with E-state index in [4.69, 9.17) is 11.6 Å². The quantitative estimate of drug-likeness (QED) is 0.685. The van der Waals surface area contributed by atoms with E-state index in [1.165, 1.54) is 5.56 Å². The van der Waals surface area contributed by atoms with Crippen molar-refractivity contribution in [1.82, 2.24) is 0 Å². The summed E-state index contributed by atoms with van der Waals surface area (Å²) in [7, 11) is 0. The highest BCUT2D eigenvalue weighted by Crippen LogP contribution is 2.17. The number of hydrogen-bond donors (Lipinski definition) is 0. The molecule has 1 rings (SSSR count). The molecule has 0 unspecified atom stereocenters. The fourth-order valence-corrected chi connectivity index (χ4v) is 1.56. The molecule has 0 atom stereocenters. The Bertz CT molecular complexity index is 245. The number of hydrogen-bond acceptors (Lipinski definition) is 0. The van der Waals surface area contributed by atoms with Crippen LogP contribution in [0.2, 0.25) is 5.02 Å². The summed E-state index contributed by atoms with van der Waals surface area (Å²) in [5.41, 5.74) is 2.43. The van der Waals surface area contributed by atoms with Gasteiger partial charge in [0.1, 0.15) is 0 Å². The molecule has 11 heavy (non-hydrogen) atoms. The summed E-state index contributed by atoms with van der Waals surface area (Å²) in [5, 5.41) is 1.86. The van der Waals surface area contributed by atoms with Crippen LogP contribution >= 0.6 is 27.5 Å². The largest absolute Gasteiger partial charge is 0.0924 e. The Hall–Kier alpha value is -0.0100. The van der Waals surface area contributed by atoms with Gasteiger partial charge in [-0.3, -0.25) is 0 Å². The first-order valence-electron chi connectivity index (χ1n) is 3.55. The molecule has 1 aromatic carbocycles. The molecule has 0 saturated carbocycles. The zero-order chi connectivity index (χ0) is 8.27. The fourth-order valence-electron chi connectivity index (χ4n) is 0.901. The Morgan fingerprint density at radius 1 is 1.45 bits per heavy atom. The minimum atomic E-state index is 0.864. The maximum absolute atomic E-state index is 5.93. The van der Waals surface area contributed by atoms with Crippen molar-refractivity contribution in [3.8, 4) is 0 Å². The van der Waals surface area contributed by atoms with E-state index in [1.54, 1.807) is 0 Å². The number of aryl methyl sites for hydroxylation is 2. The lowest BCUT2D eigenvalue weighted by Crippen LogP contribution is -1.86. The first-order valence-corrected chi connectivity index (χ1v) is 5.05. The molecule has 0 amide bonds. The molecule has 2 heteroatoms. The highest BCUT2D eigenvalue weighted by molar-refractivity contribution is 9.09. The van der Waals surface area contributed by atoms with Gasteiger partial charge in [0.15, 0.2) is 0 Å². The highest BCUT2D eigenvalue weighted by Gasteiger charge is 1.96. The average Bonchev–Trinajstić information content (AvgIpc) is 1.98. The van der Waals surface area contributed by atoms with Gasteiger partial charge in [0, 0.05) is 10.4 Å². The van der Waals surface area contributed by atoms with Crippen LogP contribution in [-0.2, 0) is 6.42 Å². The lowest BCUT2D eigenvalue weighted by molar-refractivity contribution is 1.16. The van der Waals surface area contributed by atoms with Gasteiger partial charge >= 0.3 is 0 Å². The topological polar surface area (TPSA) is 0 Å². The van der Waals surface area contributed by atoms with Crippen LogP contribution in [0.25, 0.3) is 0 Å². The predicted octanol–water partition coefficient (Wildman–Crippen LogP) is 3.59. The number of rotatable bonds is 2. The van der Waals surface area contributed by atoms with Gasteiger partial charge in [-0.15, -0.1) is 0 Å². The second kappa shape index (κ2) is 4.13. The standard InChI is InChI=1S/C9H10BrCl/c1-7-2-3-8(4-5-10)6-9(7)11/h2-3,6H,4-5H2,1H3. The molecule has 0 aliphatic carbocycles. The molecule has 0 nitrogen and oxygen atoms in total. The first-order chi connectivity index (χ1) is 5.24. The second-order valence-electron chi connectivity index (χ2n) is 2.52. The first kappa shape index (κ1) is 9.08. The number of halogens is 2. The van der Waals surface area contributed by atoms with Crippen LogP contribution in [0, 0.1) is 6.92 Å². The normalized spacial score (nSPS) is 10.1. The van der Waals surface area contributed by atoms with Crippen molar-refractivity contribution in [3.05, 3.63) is 34.3 Å². The third-order valence-electron chi connectivity index (χ3n) is 1.62.